The number of carbonyl (C=O) groups excluding carboxylic acids is 1. The van der Waals surface area contributed by atoms with E-state index in [9.17, 15) is 13.2 Å². The molecule has 26 heavy (non-hydrogen) atoms. The highest BCUT2D eigenvalue weighted by Crippen LogP contribution is 2.21. The molecule has 2 aromatic rings. The van der Waals surface area contributed by atoms with Gasteiger partial charge in [-0.05, 0) is 67.6 Å². The van der Waals surface area contributed by atoms with Gasteiger partial charge < -0.3 is 5.32 Å². The van der Waals surface area contributed by atoms with Gasteiger partial charge >= 0.3 is 0 Å². The van der Waals surface area contributed by atoms with Crippen LogP contribution in [0.25, 0.3) is 0 Å². The maximum atomic E-state index is 12.5. The lowest BCUT2D eigenvalue weighted by Crippen LogP contribution is -2.32. The van der Waals surface area contributed by atoms with Crippen molar-refractivity contribution in [3.05, 3.63) is 54.1 Å². The van der Waals surface area contributed by atoms with Crippen LogP contribution in [-0.4, -0.2) is 26.6 Å². The molecule has 1 fully saturated rings. The zero-order valence-corrected chi connectivity index (χ0v) is 16.2. The summed E-state index contributed by atoms with van der Waals surface area (Å²) in [6.45, 7) is 0. The number of nitrogens with one attached hydrogen (secondary N) is 2. The smallest absolute Gasteiger partial charge is 0.261 e. The molecule has 1 saturated carbocycles. The van der Waals surface area contributed by atoms with Crippen molar-refractivity contribution in [2.24, 2.45) is 0 Å². The van der Waals surface area contributed by atoms with Gasteiger partial charge in [-0.1, -0.05) is 12.8 Å². The normalized spacial score (nSPS) is 15.0. The number of sulfonamides is 1. The molecule has 0 bridgehead atoms. The van der Waals surface area contributed by atoms with Crippen molar-refractivity contribution in [3.8, 4) is 0 Å². The Labute approximate surface area is 158 Å². The van der Waals surface area contributed by atoms with Gasteiger partial charge in [0.2, 0.25) is 0 Å². The van der Waals surface area contributed by atoms with Crippen molar-refractivity contribution >= 4 is 33.4 Å². The lowest BCUT2D eigenvalue weighted by atomic mass is 10.1. The van der Waals surface area contributed by atoms with Crippen molar-refractivity contribution in [2.45, 2.75) is 41.5 Å². The molecule has 0 aliphatic heterocycles. The number of rotatable bonds is 6. The first-order valence-electron chi connectivity index (χ1n) is 8.56. The first kappa shape index (κ1) is 18.8. The topological polar surface area (TPSA) is 75.3 Å². The summed E-state index contributed by atoms with van der Waals surface area (Å²) in [6.07, 6.45) is 6.30. The van der Waals surface area contributed by atoms with Gasteiger partial charge in [0.25, 0.3) is 15.9 Å². The molecule has 0 unspecified atom stereocenters. The molecule has 1 aliphatic carbocycles. The van der Waals surface area contributed by atoms with Crippen LogP contribution in [0, 0.1) is 0 Å². The van der Waals surface area contributed by atoms with E-state index < -0.39 is 10.0 Å². The predicted octanol–water partition coefficient (Wildman–Crippen LogP) is 3.88. The number of hydrogen-bond acceptors (Lipinski definition) is 4. The van der Waals surface area contributed by atoms with Gasteiger partial charge in [-0.15, -0.1) is 11.8 Å². The summed E-state index contributed by atoms with van der Waals surface area (Å²) in [4.78, 5) is 13.4. The van der Waals surface area contributed by atoms with E-state index in [0.29, 0.717) is 11.3 Å². The first-order valence-corrected chi connectivity index (χ1v) is 11.3. The summed E-state index contributed by atoms with van der Waals surface area (Å²) < 4.78 is 27.5. The van der Waals surface area contributed by atoms with Crippen molar-refractivity contribution in [2.75, 3.05) is 11.0 Å². The molecule has 1 aliphatic rings. The van der Waals surface area contributed by atoms with Crippen molar-refractivity contribution < 1.29 is 13.2 Å². The minimum absolute atomic E-state index is 0.112. The molecular formula is C19H22N2O3S2. The van der Waals surface area contributed by atoms with Crippen molar-refractivity contribution in [1.29, 1.82) is 0 Å². The summed E-state index contributed by atoms with van der Waals surface area (Å²) in [5.74, 6) is -0.112. The number of benzene rings is 2. The van der Waals surface area contributed by atoms with Gasteiger partial charge in [-0.25, -0.2) is 8.42 Å². The zero-order chi connectivity index (χ0) is 18.6. The van der Waals surface area contributed by atoms with Gasteiger partial charge in [0.15, 0.2) is 0 Å². The third kappa shape index (κ3) is 4.59. The Kier molecular flexibility index (Phi) is 5.88. The van der Waals surface area contributed by atoms with Gasteiger partial charge in [0, 0.05) is 22.2 Å². The largest absolute Gasteiger partial charge is 0.349 e. The van der Waals surface area contributed by atoms with Gasteiger partial charge in [-0.3, -0.25) is 9.52 Å². The molecule has 7 heteroatoms. The minimum Gasteiger partial charge on any atom is -0.349 e. The fourth-order valence-corrected chi connectivity index (χ4v) is 4.46. The molecule has 0 radical (unpaired) electrons. The molecule has 5 nitrogen and oxygen atoms in total. The van der Waals surface area contributed by atoms with Crippen LogP contribution in [0.3, 0.4) is 0 Å². The Morgan fingerprint density at radius 1 is 1.00 bits per heavy atom. The predicted molar refractivity (Wildman–Crippen MR) is 105 cm³/mol. The third-order valence-corrected chi connectivity index (χ3v) is 6.60. The minimum atomic E-state index is -3.65. The number of anilines is 1. The Hall–Kier alpha value is -1.99. The summed E-state index contributed by atoms with van der Waals surface area (Å²) in [7, 11) is -3.65. The number of amides is 1. The highest BCUT2D eigenvalue weighted by molar-refractivity contribution is 7.98. The number of hydrogen-bond donors (Lipinski definition) is 2. The molecule has 2 aromatic carbocycles. The molecule has 3 rings (SSSR count). The average molecular weight is 391 g/mol. The van der Waals surface area contributed by atoms with Gasteiger partial charge in [-0.2, -0.15) is 0 Å². The second-order valence-corrected chi connectivity index (χ2v) is 8.88. The van der Waals surface area contributed by atoms with E-state index in [2.05, 4.69) is 10.0 Å². The Bertz CT molecular complexity index is 857. The molecule has 2 N–H and O–H groups in total. The third-order valence-electron chi connectivity index (χ3n) is 4.46. The highest BCUT2D eigenvalue weighted by atomic mass is 32.2. The summed E-state index contributed by atoms with van der Waals surface area (Å²) in [5.41, 5.74) is 0.959. The van der Waals surface area contributed by atoms with Crippen molar-refractivity contribution in [3.63, 3.8) is 0 Å². The number of carbonyl (C=O) groups is 1. The molecular weight excluding hydrogens is 368 g/mol. The van der Waals surface area contributed by atoms with E-state index in [0.717, 1.165) is 30.6 Å². The van der Waals surface area contributed by atoms with Crippen LogP contribution < -0.4 is 10.0 Å². The second kappa shape index (κ2) is 8.14. The van der Waals surface area contributed by atoms with Crippen LogP contribution in [0.2, 0.25) is 0 Å². The van der Waals surface area contributed by atoms with Crippen molar-refractivity contribution in [1.82, 2.24) is 5.32 Å². The second-order valence-electron chi connectivity index (χ2n) is 6.31. The number of thioether (sulfide) groups is 1. The van der Waals surface area contributed by atoms with Crippen LogP contribution in [0.1, 0.15) is 36.0 Å². The van der Waals surface area contributed by atoms with Gasteiger partial charge in [0.1, 0.15) is 0 Å². The molecule has 0 spiro atoms. The van der Waals surface area contributed by atoms with E-state index in [1.165, 1.54) is 0 Å². The maximum Gasteiger partial charge on any atom is 0.261 e. The van der Waals surface area contributed by atoms with Gasteiger partial charge in [0.05, 0.1) is 4.90 Å². The fraction of sp³-hybridized carbons (Fsp3) is 0.316. The van der Waals surface area contributed by atoms with E-state index in [4.69, 9.17) is 0 Å². The Morgan fingerprint density at radius 2 is 1.62 bits per heavy atom. The molecule has 0 saturated heterocycles. The fourth-order valence-electron chi connectivity index (χ4n) is 3.00. The molecule has 0 aromatic heterocycles. The SMILES string of the molecule is CSc1ccc(S(=O)(=O)Nc2ccc(C(=O)NC3CCCC3)cc2)cc1. The maximum absolute atomic E-state index is 12.5. The zero-order valence-electron chi connectivity index (χ0n) is 14.6. The Balaban J connectivity index is 1.66. The monoisotopic (exact) mass is 390 g/mol. The molecule has 138 valence electrons. The summed E-state index contributed by atoms with van der Waals surface area (Å²) in [6, 6.07) is 13.5. The Morgan fingerprint density at radius 3 is 2.19 bits per heavy atom. The molecule has 1 amide bonds. The van der Waals surface area contributed by atoms with Crippen LogP contribution in [0.15, 0.2) is 58.3 Å². The van der Waals surface area contributed by atoms with Crippen LogP contribution in [0.4, 0.5) is 5.69 Å². The lowest BCUT2D eigenvalue weighted by Gasteiger charge is -2.12. The lowest BCUT2D eigenvalue weighted by molar-refractivity contribution is 0.0938. The average Bonchev–Trinajstić information content (AvgIpc) is 3.15. The summed E-state index contributed by atoms with van der Waals surface area (Å²) >= 11 is 1.55. The van der Waals surface area contributed by atoms with E-state index in [-0.39, 0.29) is 16.8 Å². The summed E-state index contributed by atoms with van der Waals surface area (Å²) in [5, 5.41) is 3.02. The van der Waals surface area contributed by atoms with E-state index in [1.54, 1.807) is 60.3 Å². The first-order chi connectivity index (χ1) is 12.5. The van der Waals surface area contributed by atoms with Crippen LogP contribution >= 0.6 is 11.8 Å². The van der Waals surface area contributed by atoms with Crippen LogP contribution in [-0.2, 0) is 10.0 Å². The standard InChI is InChI=1S/C19H22N2O3S2/c1-25-17-10-12-18(13-11-17)26(23,24)21-16-8-6-14(7-9-16)19(22)20-15-4-2-3-5-15/h6-13,15,21H,2-5H2,1H3,(H,20,22). The highest BCUT2D eigenvalue weighted by Gasteiger charge is 2.18. The quantitative estimate of drug-likeness (QED) is 0.734. The van der Waals surface area contributed by atoms with Crippen LogP contribution in [0.5, 0.6) is 0 Å². The molecule has 0 atom stereocenters. The molecule has 0 heterocycles. The van der Waals surface area contributed by atoms with E-state index >= 15 is 0 Å². The van der Waals surface area contributed by atoms with E-state index in [1.807, 2.05) is 6.26 Å².